The molecule has 0 N–H and O–H groups in total. The molecule has 20 heavy (non-hydrogen) atoms. The maximum Gasteiger partial charge on any atom is 0.267 e. The summed E-state index contributed by atoms with van der Waals surface area (Å²) in [5.74, 6) is -0.247. The van der Waals surface area contributed by atoms with E-state index in [1.165, 1.54) is 0 Å². The summed E-state index contributed by atoms with van der Waals surface area (Å²) in [7, 11) is 0. The molecular formula is C16H16N2O2. The topological polar surface area (TPSA) is 50.3 Å². The molecule has 3 rings (SSSR count). The molecule has 1 aromatic carbocycles. The van der Waals surface area contributed by atoms with E-state index in [9.17, 15) is 9.59 Å². The average molecular weight is 268 g/mol. The molecular weight excluding hydrogens is 252 g/mol. The largest absolute Gasteiger partial charge is 0.268 e. The summed E-state index contributed by atoms with van der Waals surface area (Å²) in [5.41, 5.74) is 1.64. The van der Waals surface area contributed by atoms with Crippen molar-refractivity contribution in [1.29, 1.82) is 0 Å². The lowest BCUT2D eigenvalue weighted by molar-refractivity contribution is 0.0925. The van der Waals surface area contributed by atoms with Crippen LogP contribution in [0.4, 0.5) is 5.82 Å². The van der Waals surface area contributed by atoms with Crippen molar-refractivity contribution in [3.05, 3.63) is 59.3 Å². The number of carbonyl (C=O) groups excluding carboxylic acids is 2. The van der Waals surface area contributed by atoms with Gasteiger partial charge >= 0.3 is 0 Å². The van der Waals surface area contributed by atoms with Crippen LogP contribution in [0, 0.1) is 6.92 Å². The van der Waals surface area contributed by atoms with E-state index in [0.717, 1.165) is 10.6 Å². The summed E-state index contributed by atoms with van der Waals surface area (Å²) in [6.07, 6.45) is 0. The molecule has 0 atom stereocenters. The summed E-state index contributed by atoms with van der Waals surface area (Å²) in [6, 6.07) is 12.1. The predicted molar refractivity (Wildman–Crippen MR) is 77.9 cm³/mol. The first kappa shape index (κ1) is 13.9. The Morgan fingerprint density at radius 2 is 1.40 bits per heavy atom. The summed E-state index contributed by atoms with van der Waals surface area (Å²) >= 11 is 0. The predicted octanol–water partition coefficient (Wildman–Crippen LogP) is 3.22. The van der Waals surface area contributed by atoms with E-state index in [-0.39, 0.29) is 11.8 Å². The van der Waals surface area contributed by atoms with Crippen molar-refractivity contribution in [2.75, 3.05) is 4.90 Å². The minimum Gasteiger partial charge on any atom is -0.268 e. The van der Waals surface area contributed by atoms with Crippen LogP contribution >= 0.6 is 0 Å². The number of carbonyl (C=O) groups is 2. The molecule has 0 radical (unpaired) electrons. The maximum atomic E-state index is 12.2. The van der Waals surface area contributed by atoms with Crippen LogP contribution in [0.15, 0.2) is 42.5 Å². The van der Waals surface area contributed by atoms with Gasteiger partial charge in [-0.3, -0.25) is 9.59 Å². The molecule has 0 saturated carbocycles. The molecule has 1 aliphatic rings. The van der Waals surface area contributed by atoms with E-state index >= 15 is 0 Å². The summed E-state index contributed by atoms with van der Waals surface area (Å²) in [6.45, 7) is 5.82. The van der Waals surface area contributed by atoms with E-state index in [2.05, 4.69) is 4.98 Å². The van der Waals surface area contributed by atoms with Crippen molar-refractivity contribution in [3.8, 4) is 0 Å². The van der Waals surface area contributed by atoms with E-state index in [4.69, 9.17) is 0 Å². The smallest absolute Gasteiger partial charge is 0.267 e. The third-order valence-electron chi connectivity index (χ3n) is 2.90. The number of pyridine rings is 1. The third kappa shape index (κ3) is 2.20. The van der Waals surface area contributed by atoms with Gasteiger partial charge in [0.15, 0.2) is 0 Å². The highest BCUT2D eigenvalue weighted by Gasteiger charge is 2.36. The quantitative estimate of drug-likeness (QED) is 0.746. The lowest BCUT2D eigenvalue weighted by atomic mass is 10.1. The van der Waals surface area contributed by atoms with Crippen molar-refractivity contribution in [2.24, 2.45) is 0 Å². The van der Waals surface area contributed by atoms with E-state index in [1.54, 1.807) is 36.4 Å². The fourth-order valence-electron chi connectivity index (χ4n) is 2.05. The van der Waals surface area contributed by atoms with Crippen LogP contribution in [0.2, 0.25) is 0 Å². The molecule has 4 heteroatoms. The van der Waals surface area contributed by atoms with Crippen LogP contribution in [0.25, 0.3) is 0 Å². The number of imide groups is 1. The van der Waals surface area contributed by atoms with Crippen LogP contribution in [-0.4, -0.2) is 16.8 Å². The maximum absolute atomic E-state index is 12.2. The zero-order valence-corrected chi connectivity index (χ0v) is 11.8. The molecule has 0 spiro atoms. The monoisotopic (exact) mass is 268 g/mol. The Morgan fingerprint density at radius 1 is 0.850 bits per heavy atom. The molecule has 1 aromatic heterocycles. The Hall–Kier alpha value is -2.49. The van der Waals surface area contributed by atoms with Gasteiger partial charge in [0, 0.05) is 5.69 Å². The number of anilines is 1. The third-order valence-corrected chi connectivity index (χ3v) is 2.90. The van der Waals surface area contributed by atoms with Gasteiger partial charge < -0.3 is 0 Å². The van der Waals surface area contributed by atoms with Gasteiger partial charge in [-0.2, -0.15) is 0 Å². The summed E-state index contributed by atoms with van der Waals surface area (Å²) in [5, 5.41) is 0. The molecule has 1 aliphatic heterocycles. The summed E-state index contributed by atoms with van der Waals surface area (Å²) in [4.78, 5) is 29.7. The molecule has 0 fully saturated rings. The standard InChI is InChI=1S/C14H10N2O2.C2H6/c1-9-5-4-8-12(15-9)16-13(17)10-6-2-3-7-11(10)14(16)18;1-2/h2-8H,1H3;1-2H3. The highest BCUT2D eigenvalue weighted by Crippen LogP contribution is 2.26. The van der Waals surface area contributed by atoms with Gasteiger partial charge in [0.05, 0.1) is 11.1 Å². The van der Waals surface area contributed by atoms with Gasteiger partial charge in [-0.05, 0) is 31.2 Å². The first-order valence-electron chi connectivity index (χ1n) is 6.60. The number of benzene rings is 1. The second-order valence-electron chi connectivity index (χ2n) is 4.13. The zero-order chi connectivity index (χ0) is 14.7. The molecule has 0 bridgehead atoms. The number of fused-ring (bicyclic) bond motifs is 1. The van der Waals surface area contributed by atoms with Gasteiger partial charge in [0.25, 0.3) is 11.8 Å². The number of aryl methyl sites for hydroxylation is 1. The van der Waals surface area contributed by atoms with Crippen LogP contribution < -0.4 is 4.90 Å². The number of amides is 2. The Bertz CT molecular complexity index is 630. The lowest BCUT2D eigenvalue weighted by Crippen LogP contribution is -2.30. The SMILES string of the molecule is CC.Cc1cccc(N2C(=O)c3ccccc3C2=O)n1. The number of hydrogen-bond donors (Lipinski definition) is 0. The van der Waals surface area contributed by atoms with Crippen molar-refractivity contribution in [3.63, 3.8) is 0 Å². The van der Waals surface area contributed by atoms with Gasteiger partial charge in [-0.15, -0.1) is 0 Å². The fraction of sp³-hybridized carbons (Fsp3) is 0.188. The van der Waals surface area contributed by atoms with Gasteiger partial charge in [-0.25, -0.2) is 9.88 Å². The second-order valence-corrected chi connectivity index (χ2v) is 4.13. The van der Waals surface area contributed by atoms with Crippen molar-refractivity contribution < 1.29 is 9.59 Å². The van der Waals surface area contributed by atoms with Crippen LogP contribution in [0.5, 0.6) is 0 Å². The minimum absolute atomic E-state index is 0.311. The number of rotatable bonds is 1. The Balaban J connectivity index is 0.000000704. The number of aromatic nitrogens is 1. The van der Waals surface area contributed by atoms with Crippen molar-refractivity contribution >= 4 is 17.6 Å². The van der Waals surface area contributed by atoms with Crippen LogP contribution in [-0.2, 0) is 0 Å². The highest BCUT2D eigenvalue weighted by molar-refractivity contribution is 6.34. The van der Waals surface area contributed by atoms with E-state index < -0.39 is 0 Å². The Kier molecular flexibility index (Phi) is 3.94. The fourth-order valence-corrected chi connectivity index (χ4v) is 2.05. The molecule has 4 nitrogen and oxygen atoms in total. The van der Waals surface area contributed by atoms with Crippen molar-refractivity contribution in [1.82, 2.24) is 4.98 Å². The molecule has 0 saturated heterocycles. The normalized spacial score (nSPS) is 12.8. The van der Waals surface area contributed by atoms with Gasteiger partial charge in [0.2, 0.25) is 0 Å². The van der Waals surface area contributed by atoms with Crippen LogP contribution in [0.1, 0.15) is 40.3 Å². The minimum atomic E-state index is -0.311. The zero-order valence-electron chi connectivity index (χ0n) is 11.8. The number of hydrogen-bond acceptors (Lipinski definition) is 3. The molecule has 2 aromatic rings. The summed E-state index contributed by atoms with van der Waals surface area (Å²) < 4.78 is 0. The Labute approximate surface area is 118 Å². The highest BCUT2D eigenvalue weighted by atomic mass is 16.2. The average Bonchev–Trinajstić information content (AvgIpc) is 2.74. The molecule has 0 unspecified atom stereocenters. The first-order valence-corrected chi connectivity index (χ1v) is 6.60. The second kappa shape index (κ2) is 5.65. The molecule has 102 valence electrons. The van der Waals surface area contributed by atoms with Gasteiger partial charge in [-0.1, -0.05) is 32.0 Å². The van der Waals surface area contributed by atoms with Crippen molar-refractivity contribution in [2.45, 2.75) is 20.8 Å². The lowest BCUT2D eigenvalue weighted by Gasteiger charge is -2.12. The van der Waals surface area contributed by atoms with Crippen LogP contribution in [0.3, 0.4) is 0 Å². The van der Waals surface area contributed by atoms with E-state index in [1.807, 2.05) is 26.8 Å². The first-order chi connectivity index (χ1) is 9.68. The molecule has 2 amide bonds. The molecule has 0 aliphatic carbocycles. The molecule has 2 heterocycles. The number of nitrogens with zero attached hydrogens (tertiary/aromatic N) is 2. The van der Waals surface area contributed by atoms with Gasteiger partial charge in [0.1, 0.15) is 5.82 Å². The van der Waals surface area contributed by atoms with E-state index in [0.29, 0.717) is 16.9 Å². The Morgan fingerprint density at radius 3 is 1.90 bits per heavy atom.